The molecule has 2 heterocycles. The number of aromatic nitrogens is 1. The molecule has 86 valence electrons. The van der Waals surface area contributed by atoms with E-state index in [-0.39, 0.29) is 0 Å². The van der Waals surface area contributed by atoms with Gasteiger partial charge < -0.3 is 5.32 Å². The van der Waals surface area contributed by atoms with Crippen LogP contribution in [-0.4, -0.2) is 12.0 Å². The largest absolute Gasteiger partial charge is 0.313 e. The molecule has 0 fully saturated rings. The highest BCUT2D eigenvalue weighted by Crippen LogP contribution is 2.27. The fourth-order valence-corrected chi connectivity index (χ4v) is 3.61. The van der Waals surface area contributed by atoms with Gasteiger partial charge in [0.05, 0.1) is 8.79 Å². The summed E-state index contributed by atoms with van der Waals surface area (Å²) in [5.74, 6) is 0. The number of hydrogen-bond acceptors (Lipinski definition) is 4. The third-order valence-electron chi connectivity index (χ3n) is 2.38. The van der Waals surface area contributed by atoms with Gasteiger partial charge in [-0.15, -0.1) is 22.7 Å². The van der Waals surface area contributed by atoms with E-state index >= 15 is 0 Å². The van der Waals surface area contributed by atoms with E-state index in [0.717, 1.165) is 12.1 Å². The van der Waals surface area contributed by atoms with E-state index in [1.165, 1.54) is 14.4 Å². The smallest absolute Gasteiger partial charge is 0.0947 e. The summed E-state index contributed by atoms with van der Waals surface area (Å²) in [5, 5.41) is 8.82. The third kappa shape index (κ3) is 2.91. The molecule has 0 aliphatic rings. The Labute approximate surface area is 112 Å². The van der Waals surface area contributed by atoms with Crippen LogP contribution in [0.1, 0.15) is 22.3 Å². The van der Waals surface area contributed by atoms with Crippen molar-refractivity contribution in [3.8, 4) is 0 Å². The van der Waals surface area contributed by atoms with Crippen LogP contribution in [0.5, 0.6) is 0 Å². The molecule has 0 radical (unpaired) electrons. The first-order valence-corrected chi connectivity index (χ1v) is 7.56. The fraction of sp³-hybridized carbons (Fsp3) is 0.364. The molecule has 0 aromatic carbocycles. The number of rotatable bonds is 4. The summed E-state index contributed by atoms with van der Waals surface area (Å²) in [7, 11) is 2.00. The Hall–Kier alpha value is -0.230. The molecule has 5 heteroatoms. The Morgan fingerprint density at radius 2 is 2.25 bits per heavy atom. The van der Waals surface area contributed by atoms with Gasteiger partial charge in [0.25, 0.3) is 0 Å². The van der Waals surface area contributed by atoms with E-state index in [4.69, 9.17) is 0 Å². The lowest BCUT2D eigenvalue weighted by molar-refractivity contribution is 0.591. The van der Waals surface area contributed by atoms with Crippen LogP contribution >= 0.6 is 38.6 Å². The number of aryl methyl sites for hydroxylation is 1. The van der Waals surface area contributed by atoms with Crippen LogP contribution in [0.2, 0.25) is 0 Å². The molecule has 1 unspecified atom stereocenters. The van der Waals surface area contributed by atoms with Gasteiger partial charge in [-0.3, -0.25) is 0 Å². The molecular weight excluding hydrogens is 304 g/mol. The number of nitrogens with one attached hydrogen (secondary N) is 1. The van der Waals surface area contributed by atoms with Crippen molar-refractivity contribution in [2.45, 2.75) is 19.4 Å². The lowest BCUT2D eigenvalue weighted by Crippen LogP contribution is -2.18. The van der Waals surface area contributed by atoms with Crippen molar-refractivity contribution < 1.29 is 0 Å². The first-order chi connectivity index (χ1) is 7.69. The van der Waals surface area contributed by atoms with Crippen molar-refractivity contribution in [3.05, 3.63) is 36.9 Å². The van der Waals surface area contributed by atoms with Gasteiger partial charge in [-0.25, -0.2) is 4.98 Å². The molecule has 0 spiro atoms. The number of thiophene rings is 1. The quantitative estimate of drug-likeness (QED) is 0.928. The lowest BCUT2D eigenvalue weighted by Gasteiger charge is -2.12. The Balaban J connectivity index is 2.12. The molecule has 2 nitrogen and oxygen atoms in total. The standard InChI is InChI=1S/C11H13BrN2S2/c1-7-5-16-11(14-7)4-9(13-2)8-3-10(12)15-6-8/h3,5-6,9,13H,4H2,1-2H3. The molecule has 2 aromatic heterocycles. The van der Waals surface area contributed by atoms with Crippen molar-refractivity contribution in [1.29, 1.82) is 0 Å². The highest BCUT2D eigenvalue weighted by molar-refractivity contribution is 9.11. The Kier molecular flexibility index (Phi) is 4.13. The third-order valence-corrected chi connectivity index (χ3v) is 4.90. The van der Waals surface area contributed by atoms with E-state index < -0.39 is 0 Å². The second-order valence-electron chi connectivity index (χ2n) is 3.61. The summed E-state index contributed by atoms with van der Waals surface area (Å²) in [6.07, 6.45) is 0.957. The van der Waals surface area contributed by atoms with Crippen LogP contribution in [0.3, 0.4) is 0 Å². The van der Waals surface area contributed by atoms with Gasteiger partial charge in [-0.1, -0.05) is 0 Å². The monoisotopic (exact) mass is 316 g/mol. The number of thiazole rings is 1. The maximum atomic E-state index is 4.50. The summed E-state index contributed by atoms with van der Waals surface area (Å²) < 4.78 is 1.18. The molecule has 1 atom stereocenters. The molecule has 0 bridgehead atoms. The zero-order valence-corrected chi connectivity index (χ0v) is 12.4. The van der Waals surface area contributed by atoms with Crippen molar-refractivity contribution in [2.24, 2.45) is 0 Å². The molecule has 0 saturated carbocycles. The summed E-state index contributed by atoms with van der Waals surface area (Å²) in [4.78, 5) is 4.50. The highest BCUT2D eigenvalue weighted by atomic mass is 79.9. The maximum Gasteiger partial charge on any atom is 0.0947 e. The first-order valence-electron chi connectivity index (χ1n) is 5.01. The van der Waals surface area contributed by atoms with Crippen LogP contribution in [0.25, 0.3) is 0 Å². The second kappa shape index (κ2) is 5.40. The number of likely N-dealkylation sites (N-methyl/N-ethyl adjacent to an activating group) is 1. The molecule has 0 saturated heterocycles. The lowest BCUT2D eigenvalue weighted by atomic mass is 10.1. The van der Waals surface area contributed by atoms with Gasteiger partial charge in [0.2, 0.25) is 0 Å². The van der Waals surface area contributed by atoms with Crippen molar-refractivity contribution in [1.82, 2.24) is 10.3 Å². The second-order valence-corrected chi connectivity index (χ2v) is 6.85. The number of hydrogen-bond donors (Lipinski definition) is 1. The number of nitrogens with zero attached hydrogens (tertiary/aromatic N) is 1. The minimum absolute atomic E-state index is 0.355. The summed E-state index contributed by atoms with van der Waals surface area (Å²) >= 11 is 6.96. The van der Waals surface area contributed by atoms with Gasteiger partial charge >= 0.3 is 0 Å². The minimum Gasteiger partial charge on any atom is -0.313 e. The van der Waals surface area contributed by atoms with Gasteiger partial charge in [0.1, 0.15) is 0 Å². The normalized spacial score (nSPS) is 12.9. The summed E-state index contributed by atoms with van der Waals surface area (Å²) in [6.45, 7) is 2.04. The van der Waals surface area contributed by atoms with Crippen molar-refractivity contribution in [2.75, 3.05) is 7.05 Å². The van der Waals surface area contributed by atoms with Gasteiger partial charge in [-0.2, -0.15) is 0 Å². The van der Waals surface area contributed by atoms with Crippen LogP contribution in [0.15, 0.2) is 20.6 Å². The van der Waals surface area contributed by atoms with E-state index in [1.807, 2.05) is 14.0 Å². The Bertz CT molecular complexity index is 464. The van der Waals surface area contributed by atoms with E-state index in [2.05, 4.69) is 43.1 Å². The van der Waals surface area contributed by atoms with Crippen molar-refractivity contribution >= 4 is 38.6 Å². The first kappa shape index (κ1) is 12.2. The average Bonchev–Trinajstić information content (AvgIpc) is 2.84. The molecule has 0 aliphatic heterocycles. The fourth-order valence-electron chi connectivity index (χ4n) is 1.56. The SMILES string of the molecule is CNC(Cc1nc(C)cs1)c1csc(Br)c1. The van der Waals surface area contributed by atoms with Crippen molar-refractivity contribution in [3.63, 3.8) is 0 Å². The molecule has 1 N–H and O–H groups in total. The molecular formula is C11H13BrN2S2. The summed E-state index contributed by atoms with van der Waals surface area (Å²) in [6, 6.07) is 2.53. The molecule has 2 aromatic rings. The average molecular weight is 317 g/mol. The molecule has 0 aliphatic carbocycles. The predicted octanol–water partition coefficient (Wildman–Crippen LogP) is 3.78. The predicted molar refractivity (Wildman–Crippen MR) is 74.4 cm³/mol. The van der Waals surface area contributed by atoms with Crippen LogP contribution in [0.4, 0.5) is 0 Å². The van der Waals surface area contributed by atoms with Crippen LogP contribution < -0.4 is 5.32 Å². The van der Waals surface area contributed by atoms with Gasteiger partial charge in [0.15, 0.2) is 0 Å². The summed E-state index contributed by atoms with van der Waals surface area (Å²) in [5.41, 5.74) is 2.44. The zero-order chi connectivity index (χ0) is 11.5. The van der Waals surface area contributed by atoms with E-state index in [9.17, 15) is 0 Å². The zero-order valence-electron chi connectivity index (χ0n) is 9.16. The van der Waals surface area contributed by atoms with E-state index in [1.54, 1.807) is 22.7 Å². The van der Waals surface area contributed by atoms with Gasteiger partial charge in [-0.05, 0) is 46.9 Å². The minimum atomic E-state index is 0.355. The van der Waals surface area contributed by atoms with Crippen LogP contribution in [-0.2, 0) is 6.42 Å². The molecule has 2 rings (SSSR count). The topological polar surface area (TPSA) is 24.9 Å². The molecule has 0 amide bonds. The highest BCUT2D eigenvalue weighted by Gasteiger charge is 2.13. The maximum absolute atomic E-state index is 4.50. The van der Waals surface area contributed by atoms with Gasteiger partial charge in [0, 0.05) is 23.5 Å². The molecule has 16 heavy (non-hydrogen) atoms. The van der Waals surface area contributed by atoms with E-state index in [0.29, 0.717) is 6.04 Å². The van der Waals surface area contributed by atoms with Crippen LogP contribution in [0, 0.1) is 6.92 Å². The number of halogens is 1. The Morgan fingerprint density at radius 3 is 2.75 bits per heavy atom. The Morgan fingerprint density at radius 1 is 1.44 bits per heavy atom.